The van der Waals surface area contributed by atoms with Crippen LogP contribution in [0.4, 0.5) is 27.5 Å². The molecule has 0 fully saturated rings. The number of primary amides is 1. The molecule has 0 radical (unpaired) electrons. The molecule has 12 nitrogen and oxygen atoms in total. The molecule has 5 amide bonds. The van der Waals surface area contributed by atoms with Crippen LogP contribution in [0, 0.1) is 13.8 Å². The van der Waals surface area contributed by atoms with Crippen molar-refractivity contribution in [3.8, 4) is 5.75 Å². The van der Waals surface area contributed by atoms with Gasteiger partial charge in [0.05, 0.1) is 11.9 Å². The van der Waals surface area contributed by atoms with Crippen LogP contribution in [0.1, 0.15) is 16.7 Å². The topological polar surface area (TPSA) is 149 Å². The van der Waals surface area contributed by atoms with E-state index in [0.717, 1.165) is 11.1 Å². The second-order valence-electron chi connectivity index (χ2n) is 11.1. The summed E-state index contributed by atoms with van der Waals surface area (Å²) in [4.78, 5) is 59.2. The van der Waals surface area contributed by atoms with Crippen LogP contribution in [0.15, 0.2) is 102 Å². The number of urea groups is 1. The Balaban J connectivity index is 1.77. The van der Waals surface area contributed by atoms with Gasteiger partial charge in [0, 0.05) is 31.2 Å². The lowest BCUT2D eigenvalue weighted by atomic mass is 10.1. The lowest BCUT2D eigenvalue weighted by Gasteiger charge is -2.32. The zero-order valence-corrected chi connectivity index (χ0v) is 27.2. The van der Waals surface area contributed by atoms with Gasteiger partial charge in [-0.15, -0.1) is 0 Å². The molecule has 0 spiro atoms. The van der Waals surface area contributed by atoms with Crippen molar-refractivity contribution in [3.05, 3.63) is 114 Å². The fourth-order valence-corrected chi connectivity index (χ4v) is 5.06. The maximum Gasteiger partial charge on any atom is 0.329 e. The molecule has 0 heterocycles. The average molecular weight is 651 g/mol. The summed E-state index contributed by atoms with van der Waals surface area (Å²) in [5.41, 5.74) is 9.48. The maximum absolute atomic E-state index is 14.4. The standard InChI is InChI=1S/C36H38N6O6/c1-25-17-26(2)19-30(18-25)40(4)36(46)41(29-14-10-11-27(20-29)21-38-47)23-35(45)42(22-34(44)39(3)28-12-6-5-7-13-28)31-15-8-9-16-32(31)48-24-33(37)43/h5-21,47H,22-24H2,1-4H3,(H2,37,43)/b38-21+. The Hall–Kier alpha value is -6.17. The summed E-state index contributed by atoms with van der Waals surface area (Å²) < 4.78 is 5.63. The van der Waals surface area contributed by atoms with Crippen LogP contribution in [-0.2, 0) is 14.4 Å². The number of hydrogen-bond donors (Lipinski definition) is 2. The minimum absolute atomic E-state index is 0.145. The van der Waals surface area contributed by atoms with Crippen LogP contribution in [0.2, 0.25) is 0 Å². The van der Waals surface area contributed by atoms with Gasteiger partial charge in [-0.05, 0) is 79.1 Å². The zero-order chi connectivity index (χ0) is 34.8. The fraction of sp³-hybridized carbons (Fsp3) is 0.194. The number of amides is 5. The number of nitrogens with two attached hydrogens (primary N) is 1. The van der Waals surface area contributed by atoms with Gasteiger partial charge in [-0.2, -0.15) is 0 Å². The molecule has 0 aromatic heterocycles. The molecule has 0 aliphatic carbocycles. The van der Waals surface area contributed by atoms with E-state index in [1.165, 1.54) is 25.8 Å². The van der Waals surface area contributed by atoms with Crippen LogP contribution >= 0.6 is 0 Å². The number of oxime groups is 1. The van der Waals surface area contributed by atoms with Gasteiger partial charge in [0.15, 0.2) is 6.61 Å². The van der Waals surface area contributed by atoms with Crippen molar-refractivity contribution in [1.82, 2.24) is 0 Å². The van der Waals surface area contributed by atoms with E-state index in [9.17, 15) is 19.2 Å². The first kappa shape index (κ1) is 34.7. The molecule has 3 N–H and O–H groups in total. The summed E-state index contributed by atoms with van der Waals surface area (Å²) in [6.07, 6.45) is 1.21. The number of carbonyl (C=O) groups is 4. The van der Waals surface area contributed by atoms with E-state index in [1.807, 2.05) is 38.1 Å². The van der Waals surface area contributed by atoms with E-state index in [-0.39, 0.29) is 11.4 Å². The Morgan fingerprint density at radius 2 is 1.35 bits per heavy atom. The predicted octanol–water partition coefficient (Wildman–Crippen LogP) is 4.73. The van der Waals surface area contributed by atoms with E-state index in [0.29, 0.717) is 22.6 Å². The third-order valence-electron chi connectivity index (χ3n) is 7.43. The molecule has 0 saturated carbocycles. The van der Waals surface area contributed by atoms with Crippen LogP contribution in [0.25, 0.3) is 0 Å². The van der Waals surface area contributed by atoms with Crippen molar-refractivity contribution in [2.24, 2.45) is 10.9 Å². The molecule has 4 aromatic rings. The predicted molar refractivity (Wildman–Crippen MR) is 186 cm³/mol. The first-order valence-electron chi connectivity index (χ1n) is 15.0. The van der Waals surface area contributed by atoms with Crippen molar-refractivity contribution >= 4 is 52.7 Å². The minimum atomic E-state index is -0.722. The molecule has 0 saturated heterocycles. The molecular weight excluding hydrogens is 612 g/mol. The van der Waals surface area contributed by atoms with Gasteiger partial charge in [-0.3, -0.25) is 29.1 Å². The quantitative estimate of drug-likeness (QED) is 0.129. The molecular formula is C36H38N6O6. The van der Waals surface area contributed by atoms with Crippen LogP contribution in [0.3, 0.4) is 0 Å². The summed E-state index contributed by atoms with van der Waals surface area (Å²) in [7, 11) is 3.20. The summed E-state index contributed by atoms with van der Waals surface area (Å²) in [6, 6.07) is 27.1. The SMILES string of the molecule is Cc1cc(C)cc(N(C)C(=O)N(CC(=O)N(CC(=O)N(C)c2ccccc2)c2ccccc2OCC(N)=O)c2cccc(/C=N/O)c2)c1. The number of nitrogens with zero attached hydrogens (tertiary/aromatic N) is 5. The Labute approximate surface area is 279 Å². The van der Waals surface area contributed by atoms with Gasteiger partial charge in [0.25, 0.3) is 5.91 Å². The zero-order valence-electron chi connectivity index (χ0n) is 27.2. The van der Waals surface area contributed by atoms with Crippen LogP contribution < -0.4 is 30.1 Å². The largest absolute Gasteiger partial charge is 0.482 e. The smallest absolute Gasteiger partial charge is 0.329 e. The number of benzene rings is 4. The molecule has 12 heteroatoms. The lowest BCUT2D eigenvalue weighted by molar-refractivity contribution is -0.121. The van der Waals surface area contributed by atoms with Gasteiger partial charge in [-0.1, -0.05) is 53.7 Å². The number of para-hydroxylation sites is 3. The van der Waals surface area contributed by atoms with E-state index >= 15 is 0 Å². The van der Waals surface area contributed by atoms with Gasteiger partial charge >= 0.3 is 6.03 Å². The van der Waals surface area contributed by atoms with Crippen molar-refractivity contribution < 1.29 is 29.1 Å². The third-order valence-corrected chi connectivity index (χ3v) is 7.43. The Morgan fingerprint density at radius 1 is 0.729 bits per heavy atom. The van der Waals surface area contributed by atoms with E-state index in [1.54, 1.807) is 86.9 Å². The van der Waals surface area contributed by atoms with Gasteiger partial charge in [0.2, 0.25) is 11.8 Å². The summed E-state index contributed by atoms with van der Waals surface area (Å²) in [5, 5.41) is 12.2. The van der Waals surface area contributed by atoms with Crippen molar-refractivity contribution in [2.45, 2.75) is 13.8 Å². The highest BCUT2D eigenvalue weighted by Crippen LogP contribution is 2.30. The molecule has 248 valence electrons. The second-order valence-corrected chi connectivity index (χ2v) is 11.1. The molecule has 0 unspecified atom stereocenters. The number of likely N-dealkylation sites (N-methyl/N-ethyl adjacent to an activating group) is 1. The number of ether oxygens (including phenoxy) is 1. The second kappa shape index (κ2) is 15.9. The highest BCUT2D eigenvalue weighted by molar-refractivity contribution is 6.11. The Bertz CT molecular complexity index is 1790. The van der Waals surface area contributed by atoms with Gasteiger partial charge in [-0.25, -0.2) is 4.79 Å². The average Bonchev–Trinajstić information content (AvgIpc) is 3.07. The summed E-state index contributed by atoms with van der Waals surface area (Å²) >= 11 is 0. The normalized spacial score (nSPS) is 10.8. The van der Waals surface area contributed by atoms with Crippen molar-refractivity contribution in [1.29, 1.82) is 0 Å². The molecule has 0 bridgehead atoms. The monoisotopic (exact) mass is 650 g/mol. The molecule has 48 heavy (non-hydrogen) atoms. The first-order valence-corrected chi connectivity index (χ1v) is 15.0. The Kier molecular flexibility index (Phi) is 11.5. The van der Waals surface area contributed by atoms with Crippen LogP contribution in [-0.4, -0.2) is 69.0 Å². The molecule has 0 aliphatic rings. The molecule has 4 aromatic carbocycles. The number of hydrogen-bond acceptors (Lipinski definition) is 7. The van der Waals surface area contributed by atoms with Crippen molar-refractivity contribution in [3.63, 3.8) is 0 Å². The maximum atomic E-state index is 14.4. The number of anilines is 4. The van der Waals surface area contributed by atoms with E-state index < -0.39 is 43.4 Å². The van der Waals surface area contributed by atoms with Gasteiger partial charge in [0.1, 0.15) is 18.8 Å². The van der Waals surface area contributed by atoms with Crippen molar-refractivity contribution in [2.75, 3.05) is 53.4 Å². The number of rotatable bonds is 12. The highest BCUT2D eigenvalue weighted by atomic mass is 16.5. The number of aryl methyl sites for hydroxylation is 2. The fourth-order valence-electron chi connectivity index (χ4n) is 5.06. The summed E-state index contributed by atoms with van der Waals surface area (Å²) in [5.74, 6) is -1.62. The first-order chi connectivity index (χ1) is 23.0. The molecule has 4 rings (SSSR count). The Morgan fingerprint density at radius 3 is 2.02 bits per heavy atom. The highest BCUT2D eigenvalue weighted by Gasteiger charge is 2.30. The third kappa shape index (κ3) is 8.75. The van der Waals surface area contributed by atoms with E-state index in [2.05, 4.69) is 5.16 Å². The van der Waals surface area contributed by atoms with E-state index in [4.69, 9.17) is 15.7 Å². The minimum Gasteiger partial charge on any atom is -0.482 e. The van der Waals surface area contributed by atoms with Gasteiger partial charge < -0.3 is 20.6 Å². The molecule has 0 aliphatic heterocycles. The number of carbonyl (C=O) groups excluding carboxylic acids is 4. The molecule has 0 atom stereocenters. The summed E-state index contributed by atoms with van der Waals surface area (Å²) in [6.45, 7) is 2.47. The lowest BCUT2D eigenvalue weighted by Crippen LogP contribution is -2.50. The van der Waals surface area contributed by atoms with Crippen LogP contribution in [0.5, 0.6) is 5.75 Å².